The zero-order chi connectivity index (χ0) is 16.7. The van der Waals surface area contributed by atoms with E-state index in [9.17, 15) is 4.79 Å². The number of aromatic nitrogens is 1. The van der Waals surface area contributed by atoms with Crippen LogP contribution in [0.15, 0.2) is 36.5 Å². The van der Waals surface area contributed by atoms with E-state index < -0.39 is 0 Å². The molecule has 0 aliphatic rings. The molecule has 0 fully saturated rings. The lowest BCUT2D eigenvalue weighted by molar-refractivity contribution is 0.0953. The number of hydrogen-bond acceptors (Lipinski definition) is 5. The van der Waals surface area contributed by atoms with Gasteiger partial charge in [-0.25, -0.2) is 4.98 Å². The van der Waals surface area contributed by atoms with E-state index in [4.69, 9.17) is 9.47 Å². The number of hydrogen-bond donors (Lipinski definition) is 2. The molecule has 122 valence electrons. The van der Waals surface area contributed by atoms with Gasteiger partial charge in [-0.2, -0.15) is 0 Å². The minimum absolute atomic E-state index is 0.114. The summed E-state index contributed by atoms with van der Waals surface area (Å²) in [7, 11) is 3.18. The summed E-state index contributed by atoms with van der Waals surface area (Å²) in [5, 5.41) is 5.98. The van der Waals surface area contributed by atoms with Crippen molar-refractivity contribution in [2.75, 3.05) is 26.1 Å². The second-order valence-corrected chi connectivity index (χ2v) is 4.88. The van der Waals surface area contributed by atoms with Crippen molar-refractivity contribution in [2.24, 2.45) is 0 Å². The Morgan fingerprint density at radius 3 is 2.52 bits per heavy atom. The Labute approximate surface area is 135 Å². The molecule has 6 nitrogen and oxygen atoms in total. The van der Waals surface area contributed by atoms with E-state index in [1.807, 2.05) is 25.1 Å². The van der Waals surface area contributed by atoms with Gasteiger partial charge in [0.15, 0.2) is 11.5 Å². The molecule has 0 atom stereocenters. The molecule has 0 bridgehead atoms. The van der Waals surface area contributed by atoms with Gasteiger partial charge in [0.1, 0.15) is 5.82 Å². The molecule has 0 radical (unpaired) electrons. The summed E-state index contributed by atoms with van der Waals surface area (Å²) in [6, 6.07) is 9.00. The molecule has 2 N–H and O–H groups in total. The first-order valence-electron chi connectivity index (χ1n) is 7.41. The molecule has 23 heavy (non-hydrogen) atoms. The molecule has 0 aliphatic heterocycles. The molecular formula is C17H21N3O3. The monoisotopic (exact) mass is 315 g/mol. The van der Waals surface area contributed by atoms with Gasteiger partial charge in [0.2, 0.25) is 0 Å². The normalized spacial score (nSPS) is 10.0. The molecule has 1 heterocycles. The number of pyridine rings is 1. The van der Waals surface area contributed by atoms with Crippen molar-refractivity contribution >= 4 is 17.4 Å². The van der Waals surface area contributed by atoms with Gasteiger partial charge in [0, 0.05) is 24.5 Å². The summed E-state index contributed by atoms with van der Waals surface area (Å²) in [4.78, 5) is 16.1. The van der Waals surface area contributed by atoms with Gasteiger partial charge in [-0.15, -0.1) is 0 Å². The Bertz CT molecular complexity index is 657. The van der Waals surface area contributed by atoms with Crippen LogP contribution in [-0.2, 0) is 0 Å². The van der Waals surface area contributed by atoms with Gasteiger partial charge in [-0.05, 0) is 30.7 Å². The lowest BCUT2D eigenvalue weighted by Gasteiger charge is -2.11. The van der Waals surface area contributed by atoms with E-state index in [1.54, 1.807) is 32.5 Å². The number of carbonyl (C=O) groups is 1. The molecule has 1 aromatic heterocycles. The van der Waals surface area contributed by atoms with Crippen LogP contribution >= 0.6 is 0 Å². The average Bonchev–Trinajstić information content (AvgIpc) is 2.60. The Morgan fingerprint density at radius 1 is 1.13 bits per heavy atom. The first-order chi connectivity index (χ1) is 11.2. The van der Waals surface area contributed by atoms with E-state index in [0.717, 1.165) is 12.1 Å². The first-order valence-corrected chi connectivity index (χ1v) is 7.41. The average molecular weight is 315 g/mol. The quantitative estimate of drug-likeness (QED) is 0.822. The fraction of sp³-hybridized carbons (Fsp3) is 0.294. The maximum Gasteiger partial charge on any atom is 0.252 e. The van der Waals surface area contributed by atoms with Crippen LogP contribution in [0, 0.1) is 0 Å². The zero-order valence-corrected chi connectivity index (χ0v) is 13.6. The van der Waals surface area contributed by atoms with Crippen molar-refractivity contribution in [3.8, 4) is 11.5 Å². The second-order valence-electron chi connectivity index (χ2n) is 4.88. The fourth-order valence-electron chi connectivity index (χ4n) is 2.00. The lowest BCUT2D eigenvalue weighted by atomic mass is 10.2. The van der Waals surface area contributed by atoms with Gasteiger partial charge >= 0.3 is 0 Å². The highest BCUT2D eigenvalue weighted by Gasteiger charge is 2.07. The Morgan fingerprint density at radius 2 is 1.91 bits per heavy atom. The summed E-state index contributed by atoms with van der Waals surface area (Å²) < 4.78 is 10.5. The molecule has 0 unspecified atom stereocenters. The third kappa shape index (κ3) is 4.35. The van der Waals surface area contributed by atoms with Gasteiger partial charge in [0.05, 0.1) is 19.8 Å². The standard InChI is InChI=1S/C17H21N3O3/c1-4-9-18-17(21)12-5-8-16(19-11-12)20-13-6-7-14(22-2)15(10-13)23-3/h5-8,10-11H,4,9H2,1-3H3,(H,18,21)(H,19,20). The number of rotatable bonds is 7. The Hall–Kier alpha value is -2.76. The highest BCUT2D eigenvalue weighted by Crippen LogP contribution is 2.30. The molecule has 0 aliphatic carbocycles. The van der Waals surface area contributed by atoms with Crippen LogP contribution in [0.25, 0.3) is 0 Å². The van der Waals surface area contributed by atoms with Crippen LogP contribution in [0.2, 0.25) is 0 Å². The summed E-state index contributed by atoms with van der Waals surface area (Å²) >= 11 is 0. The van der Waals surface area contributed by atoms with E-state index in [-0.39, 0.29) is 5.91 Å². The topological polar surface area (TPSA) is 72.5 Å². The number of anilines is 2. The van der Waals surface area contributed by atoms with E-state index in [1.165, 1.54) is 0 Å². The molecule has 0 saturated heterocycles. The van der Waals surface area contributed by atoms with E-state index in [2.05, 4.69) is 15.6 Å². The SMILES string of the molecule is CCCNC(=O)c1ccc(Nc2ccc(OC)c(OC)c2)nc1. The molecular weight excluding hydrogens is 294 g/mol. The van der Waals surface area contributed by atoms with Gasteiger partial charge in [-0.1, -0.05) is 6.92 Å². The van der Waals surface area contributed by atoms with Crippen molar-refractivity contribution in [1.29, 1.82) is 0 Å². The molecule has 1 amide bonds. The number of nitrogens with one attached hydrogen (secondary N) is 2. The third-order valence-corrected chi connectivity index (χ3v) is 3.22. The summed E-state index contributed by atoms with van der Waals surface area (Å²) in [6.07, 6.45) is 2.45. The molecule has 1 aromatic carbocycles. The van der Waals surface area contributed by atoms with Crippen LogP contribution in [0.1, 0.15) is 23.7 Å². The fourth-order valence-corrected chi connectivity index (χ4v) is 2.00. The number of benzene rings is 1. The number of ether oxygens (including phenoxy) is 2. The zero-order valence-electron chi connectivity index (χ0n) is 13.6. The highest BCUT2D eigenvalue weighted by atomic mass is 16.5. The number of carbonyl (C=O) groups excluding carboxylic acids is 1. The summed E-state index contributed by atoms with van der Waals surface area (Å²) in [5.41, 5.74) is 1.36. The van der Waals surface area contributed by atoms with Crippen molar-refractivity contribution in [3.63, 3.8) is 0 Å². The lowest BCUT2D eigenvalue weighted by Crippen LogP contribution is -2.24. The molecule has 2 aromatic rings. The maximum absolute atomic E-state index is 11.8. The van der Waals surface area contributed by atoms with Gasteiger partial charge < -0.3 is 20.1 Å². The Kier molecular flexibility index (Phi) is 5.80. The van der Waals surface area contributed by atoms with Gasteiger partial charge in [0.25, 0.3) is 5.91 Å². The predicted octanol–water partition coefficient (Wildman–Crippen LogP) is 2.98. The second kappa shape index (κ2) is 8.03. The smallest absolute Gasteiger partial charge is 0.252 e. The molecule has 6 heteroatoms. The van der Waals surface area contributed by atoms with Crippen LogP contribution in [-0.4, -0.2) is 31.7 Å². The molecule has 0 saturated carbocycles. The summed E-state index contributed by atoms with van der Waals surface area (Å²) in [5.74, 6) is 1.82. The highest BCUT2D eigenvalue weighted by molar-refractivity contribution is 5.94. The maximum atomic E-state index is 11.8. The minimum atomic E-state index is -0.114. The Balaban J connectivity index is 2.07. The van der Waals surface area contributed by atoms with E-state index in [0.29, 0.717) is 29.4 Å². The van der Waals surface area contributed by atoms with Gasteiger partial charge in [-0.3, -0.25) is 4.79 Å². The number of methoxy groups -OCH3 is 2. The molecule has 2 rings (SSSR count). The van der Waals surface area contributed by atoms with Crippen LogP contribution in [0.3, 0.4) is 0 Å². The van der Waals surface area contributed by atoms with E-state index >= 15 is 0 Å². The van der Waals surface area contributed by atoms with Crippen molar-refractivity contribution in [3.05, 3.63) is 42.1 Å². The number of amides is 1. The minimum Gasteiger partial charge on any atom is -0.493 e. The summed E-state index contributed by atoms with van der Waals surface area (Å²) in [6.45, 7) is 2.67. The van der Waals surface area contributed by atoms with Crippen LogP contribution in [0.4, 0.5) is 11.5 Å². The van der Waals surface area contributed by atoms with Crippen molar-refractivity contribution in [2.45, 2.75) is 13.3 Å². The molecule has 0 spiro atoms. The first kappa shape index (κ1) is 16.6. The van der Waals surface area contributed by atoms with Crippen molar-refractivity contribution in [1.82, 2.24) is 10.3 Å². The third-order valence-electron chi connectivity index (χ3n) is 3.22. The predicted molar refractivity (Wildman–Crippen MR) is 89.7 cm³/mol. The van der Waals surface area contributed by atoms with Crippen molar-refractivity contribution < 1.29 is 14.3 Å². The number of nitrogens with zero attached hydrogens (tertiary/aromatic N) is 1. The van der Waals surface area contributed by atoms with Crippen LogP contribution in [0.5, 0.6) is 11.5 Å². The van der Waals surface area contributed by atoms with Crippen LogP contribution < -0.4 is 20.1 Å². The largest absolute Gasteiger partial charge is 0.493 e.